The monoisotopic (exact) mass is 212 g/mol. The molecular weight excluding hydrogens is 188 g/mol. The van der Waals surface area contributed by atoms with E-state index < -0.39 is 0 Å². The minimum Gasteiger partial charge on any atom is -0.355 e. The first-order valence-electron chi connectivity index (χ1n) is 6.11. The van der Waals surface area contributed by atoms with E-state index in [4.69, 9.17) is 5.73 Å². The van der Waals surface area contributed by atoms with E-state index in [-0.39, 0.29) is 17.2 Å². The summed E-state index contributed by atoms with van der Waals surface area (Å²) in [4.78, 5) is 11.6. The molecule has 0 radical (unpaired) electrons. The van der Waals surface area contributed by atoms with Gasteiger partial charge in [0.2, 0.25) is 5.91 Å². The summed E-state index contributed by atoms with van der Waals surface area (Å²) < 4.78 is 0. The number of nitrogens with two attached hydrogens (primary N) is 1. The van der Waals surface area contributed by atoms with Gasteiger partial charge in [-0.05, 0) is 31.2 Å². The minimum absolute atomic E-state index is 0.126. The Labute approximate surface area is 92.8 Å². The average molecular weight is 212 g/mol. The van der Waals surface area contributed by atoms with Gasteiger partial charge in [-0.25, -0.2) is 0 Å². The molecule has 0 bridgehead atoms. The Morgan fingerprint density at radius 2 is 2.07 bits per heavy atom. The molecule has 0 spiro atoms. The third-order valence-electron chi connectivity index (χ3n) is 3.79. The Morgan fingerprint density at radius 3 is 2.53 bits per heavy atom. The lowest BCUT2D eigenvalue weighted by Crippen LogP contribution is -2.42. The quantitative estimate of drug-likeness (QED) is 0.728. The van der Waals surface area contributed by atoms with Crippen LogP contribution in [0.3, 0.4) is 0 Å². The topological polar surface area (TPSA) is 55.1 Å². The van der Waals surface area contributed by atoms with E-state index in [0.717, 1.165) is 13.0 Å². The van der Waals surface area contributed by atoms with Crippen LogP contribution in [0.2, 0.25) is 0 Å². The predicted molar refractivity (Wildman–Crippen MR) is 62.4 cm³/mol. The molecular formula is C12H24N2O. The summed E-state index contributed by atoms with van der Waals surface area (Å²) in [5.74, 6) is 0.304. The first kappa shape index (κ1) is 12.5. The Bertz CT molecular complexity index is 210. The molecule has 0 heterocycles. The highest BCUT2D eigenvalue weighted by Gasteiger charge is 2.32. The molecule has 0 saturated heterocycles. The number of carbonyl (C=O) groups excluding carboxylic acids is 1. The van der Waals surface area contributed by atoms with Gasteiger partial charge in [0.1, 0.15) is 0 Å². The van der Waals surface area contributed by atoms with Crippen LogP contribution in [0.1, 0.15) is 46.0 Å². The van der Waals surface area contributed by atoms with Crippen molar-refractivity contribution in [3.8, 4) is 0 Å². The van der Waals surface area contributed by atoms with Crippen molar-refractivity contribution in [1.82, 2.24) is 5.32 Å². The van der Waals surface area contributed by atoms with E-state index in [2.05, 4.69) is 5.32 Å². The van der Waals surface area contributed by atoms with Crippen LogP contribution in [0.25, 0.3) is 0 Å². The summed E-state index contributed by atoms with van der Waals surface area (Å²) in [5.41, 5.74) is 6.01. The van der Waals surface area contributed by atoms with Crippen LogP contribution in [0.5, 0.6) is 0 Å². The SMILES string of the molecule is CCC(C)C(=O)NCC1(CN)CCCC1. The molecule has 3 heteroatoms. The molecule has 0 aliphatic heterocycles. The fourth-order valence-electron chi connectivity index (χ4n) is 2.21. The van der Waals surface area contributed by atoms with E-state index in [1.54, 1.807) is 0 Å². The molecule has 3 N–H and O–H groups in total. The van der Waals surface area contributed by atoms with E-state index in [9.17, 15) is 4.79 Å². The second-order valence-corrected chi connectivity index (χ2v) is 4.94. The first-order chi connectivity index (χ1) is 7.13. The minimum atomic E-state index is 0.126. The van der Waals surface area contributed by atoms with Gasteiger partial charge in [0, 0.05) is 12.5 Å². The molecule has 1 fully saturated rings. The molecule has 1 aliphatic rings. The predicted octanol–water partition coefficient (Wildman–Crippen LogP) is 1.67. The van der Waals surface area contributed by atoms with Crippen molar-refractivity contribution in [3.63, 3.8) is 0 Å². The molecule has 1 amide bonds. The second kappa shape index (κ2) is 5.50. The Kier molecular flexibility index (Phi) is 4.58. The van der Waals surface area contributed by atoms with Gasteiger partial charge in [-0.2, -0.15) is 0 Å². The van der Waals surface area contributed by atoms with Crippen molar-refractivity contribution in [1.29, 1.82) is 0 Å². The summed E-state index contributed by atoms with van der Waals surface area (Å²) in [6, 6.07) is 0. The summed E-state index contributed by atoms with van der Waals surface area (Å²) in [6.07, 6.45) is 5.77. The van der Waals surface area contributed by atoms with Crippen LogP contribution in [0.4, 0.5) is 0 Å². The fourth-order valence-corrected chi connectivity index (χ4v) is 2.21. The van der Waals surface area contributed by atoms with Gasteiger partial charge >= 0.3 is 0 Å². The smallest absolute Gasteiger partial charge is 0.222 e. The maximum absolute atomic E-state index is 11.6. The Balaban J connectivity index is 2.37. The van der Waals surface area contributed by atoms with Crippen LogP contribution in [0.15, 0.2) is 0 Å². The Morgan fingerprint density at radius 1 is 1.47 bits per heavy atom. The van der Waals surface area contributed by atoms with Crippen molar-refractivity contribution in [2.45, 2.75) is 46.0 Å². The molecule has 0 aromatic carbocycles. The van der Waals surface area contributed by atoms with Crippen LogP contribution in [-0.2, 0) is 4.79 Å². The van der Waals surface area contributed by atoms with Crippen molar-refractivity contribution in [3.05, 3.63) is 0 Å². The molecule has 0 aromatic heterocycles. The number of nitrogens with one attached hydrogen (secondary N) is 1. The lowest BCUT2D eigenvalue weighted by molar-refractivity contribution is -0.125. The van der Waals surface area contributed by atoms with E-state index in [1.165, 1.54) is 25.7 Å². The Hall–Kier alpha value is -0.570. The summed E-state index contributed by atoms with van der Waals surface area (Å²) in [6.45, 7) is 5.48. The lowest BCUT2D eigenvalue weighted by atomic mass is 9.86. The van der Waals surface area contributed by atoms with Gasteiger partial charge < -0.3 is 11.1 Å². The summed E-state index contributed by atoms with van der Waals surface area (Å²) in [7, 11) is 0. The molecule has 1 atom stereocenters. The van der Waals surface area contributed by atoms with Crippen LogP contribution < -0.4 is 11.1 Å². The third kappa shape index (κ3) is 3.20. The number of amides is 1. The molecule has 3 nitrogen and oxygen atoms in total. The van der Waals surface area contributed by atoms with Crippen LogP contribution in [-0.4, -0.2) is 19.0 Å². The van der Waals surface area contributed by atoms with Gasteiger partial charge in [0.15, 0.2) is 0 Å². The van der Waals surface area contributed by atoms with E-state index in [0.29, 0.717) is 6.54 Å². The maximum Gasteiger partial charge on any atom is 0.222 e. The summed E-state index contributed by atoms with van der Waals surface area (Å²) in [5, 5.41) is 3.05. The largest absolute Gasteiger partial charge is 0.355 e. The van der Waals surface area contributed by atoms with Gasteiger partial charge in [0.25, 0.3) is 0 Å². The van der Waals surface area contributed by atoms with Crippen LogP contribution >= 0.6 is 0 Å². The number of carbonyl (C=O) groups is 1. The number of hydrogen-bond donors (Lipinski definition) is 2. The normalized spacial score (nSPS) is 21.3. The zero-order valence-corrected chi connectivity index (χ0v) is 10.0. The van der Waals surface area contributed by atoms with E-state index in [1.807, 2.05) is 13.8 Å². The maximum atomic E-state index is 11.6. The lowest BCUT2D eigenvalue weighted by Gasteiger charge is -2.28. The fraction of sp³-hybridized carbons (Fsp3) is 0.917. The van der Waals surface area contributed by atoms with Crippen molar-refractivity contribution in [2.24, 2.45) is 17.1 Å². The molecule has 1 rings (SSSR count). The average Bonchev–Trinajstić information content (AvgIpc) is 2.74. The zero-order chi connectivity index (χ0) is 11.3. The van der Waals surface area contributed by atoms with Gasteiger partial charge in [-0.3, -0.25) is 4.79 Å². The highest BCUT2D eigenvalue weighted by atomic mass is 16.1. The van der Waals surface area contributed by atoms with Gasteiger partial charge in [-0.15, -0.1) is 0 Å². The van der Waals surface area contributed by atoms with Crippen molar-refractivity contribution < 1.29 is 4.79 Å². The van der Waals surface area contributed by atoms with Crippen molar-refractivity contribution >= 4 is 5.91 Å². The van der Waals surface area contributed by atoms with Gasteiger partial charge in [-0.1, -0.05) is 26.7 Å². The molecule has 1 aliphatic carbocycles. The molecule has 15 heavy (non-hydrogen) atoms. The number of rotatable bonds is 5. The highest BCUT2D eigenvalue weighted by Crippen LogP contribution is 2.36. The standard InChI is InChI=1S/C12H24N2O/c1-3-10(2)11(15)14-9-12(8-13)6-4-5-7-12/h10H,3-9,13H2,1-2H3,(H,14,15). The second-order valence-electron chi connectivity index (χ2n) is 4.94. The van der Waals surface area contributed by atoms with Crippen LogP contribution in [0, 0.1) is 11.3 Å². The zero-order valence-electron chi connectivity index (χ0n) is 10.0. The third-order valence-corrected chi connectivity index (χ3v) is 3.79. The molecule has 1 unspecified atom stereocenters. The molecule has 88 valence electrons. The van der Waals surface area contributed by atoms with Gasteiger partial charge in [0.05, 0.1) is 0 Å². The summed E-state index contributed by atoms with van der Waals surface area (Å²) >= 11 is 0. The van der Waals surface area contributed by atoms with Crippen molar-refractivity contribution in [2.75, 3.05) is 13.1 Å². The molecule has 0 aromatic rings. The highest BCUT2D eigenvalue weighted by molar-refractivity contribution is 5.78. The number of hydrogen-bond acceptors (Lipinski definition) is 2. The molecule has 1 saturated carbocycles. The first-order valence-corrected chi connectivity index (χ1v) is 6.11. The van der Waals surface area contributed by atoms with E-state index >= 15 is 0 Å².